The lowest BCUT2D eigenvalue weighted by molar-refractivity contribution is -0.113. The molecule has 0 aliphatic rings. The summed E-state index contributed by atoms with van der Waals surface area (Å²) in [6.45, 7) is 0. The van der Waals surface area contributed by atoms with Crippen LogP contribution in [0.2, 0.25) is 0 Å². The summed E-state index contributed by atoms with van der Waals surface area (Å²) in [6.07, 6.45) is 0.731. The van der Waals surface area contributed by atoms with Gasteiger partial charge in [-0.3, -0.25) is 4.79 Å². The van der Waals surface area contributed by atoms with Gasteiger partial charge in [0.05, 0.1) is 25.5 Å². The second-order valence-corrected chi connectivity index (χ2v) is 8.34. The summed E-state index contributed by atoms with van der Waals surface area (Å²) in [4.78, 5) is 12.7. The Morgan fingerprint density at radius 2 is 1.76 bits per heavy atom. The monoisotopic (exact) mass is 475 g/mol. The molecular formula is C25H25N5O3S. The van der Waals surface area contributed by atoms with Crippen LogP contribution >= 0.6 is 11.8 Å². The third-order valence-electron chi connectivity index (χ3n) is 5.18. The normalized spacial score (nSPS) is 10.6. The maximum Gasteiger partial charge on any atom is 0.234 e. The summed E-state index contributed by atoms with van der Waals surface area (Å²) < 4.78 is 12.0. The Labute approximate surface area is 202 Å². The van der Waals surface area contributed by atoms with E-state index in [9.17, 15) is 4.79 Å². The molecule has 4 rings (SSSR count). The first-order valence-electron chi connectivity index (χ1n) is 10.6. The molecule has 1 aromatic heterocycles. The molecule has 174 valence electrons. The highest BCUT2D eigenvalue weighted by Gasteiger charge is 2.18. The minimum atomic E-state index is -0.155. The van der Waals surface area contributed by atoms with Gasteiger partial charge in [0.25, 0.3) is 0 Å². The summed E-state index contributed by atoms with van der Waals surface area (Å²) in [6, 6.07) is 23.3. The van der Waals surface area contributed by atoms with Crippen molar-refractivity contribution in [2.75, 3.05) is 31.1 Å². The van der Waals surface area contributed by atoms with Gasteiger partial charge >= 0.3 is 0 Å². The van der Waals surface area contributed by atoms with Crippen LogP contribution in [0.5, 0.6) is 11.5 Å². The Morgan fingerprint density at radius 1 is 1.00 bits per heavy atom. The molecule has 8 nitrogen and oxygen atoms in total. The predicted octanol–water partition coefficient (Wildman–Crippen LogP) is 4.00. The van der Waals surface area contributed by atoms with E-state index in [0.717, 1.165) is 17.7 Å². The van der Waals surface area contributed by atoms with Gasteiger partial charge in [0, 0.05) is 11.8 Å². The maximum absolute atomic E-state index is 12.7. The summed E-state index contributed by atoms with van der Waals surface area (Å²) in [5, 5.41) is 11.7. The van der Waals surface area contributed by atoms with Gasteiger partial charge < -0.3 is 20.6 Å². The first-order valence-corrected chi connectivity index (χ1v) is 11.5. The van der Waals surface area contributed by atoms with Crippen LogP contribution in [0.1, 0.15) is 11.1 Å². The molecule has 1 amide bonds. The summed E-state index contributed by atoms with van der Waals surface area (Å²) in [7, 11) is 3.14. The standard InChI is InChI=1S/C25H25N5O3S/c1-32-19-12-13-20(22(15-19)33-2)24-28-29-25(30(24)26)34-16-23(31)27-21-11-7-6-10-18(21)14-17-8-4-3-5-9-17/h3-13,15H,14,16,26H2,1-2H3,(H,27,31). The van der Waals surface area contributed by atoms with E-state index in [1.165, 1.54) is 22.0 Å². The number of para-hydroxylation sites is 1. The van der Waals surface area contributed by atoms with Gasteiger partial charge in [-0.05, 0) is 35.7 Å². The lowest BCUT2D eigenvalue weighted by Gasteiger charge is -2.11. The average molecular weight is 476 g/mol. The Kier molecular flexibility index (Phi) is 7.34. The number of methoxy groups -OCH3 is 2. The number of anilines is 1. The van der Waals surface area contributed by atoms with Crippen LogP contribution in [0.15, 0.2) is 78.0 Å². The van der Waals surface area contributed by atoms with Crippen LogP contribution in [-0.4, -0.2) is 40.8 Å². The van der Waals surface area contributed by atoms with Gasteiger partial charge in [-0.25, -0.2) is 4.68 Å². The van der Waals surface area contributed by atoms with E-state index in [4.69, 9.17) is 15.3 Å². The van der Waals surface area contributed by atoms with E-state index in [0.29, 0.717) is 28.0 Å². The number of nitrogens with one attached hydrogen (secondary N) is 1. The number of amides is 1. The number of aromatic nitrogens is 3. The fourth-order valence-corrected chi connectivity index (χ4v) is 4.13. The molecule has 1 heterocycles. The molecule has 0 saturated carbocycles. The largest absolute Gasteiger partial charge is 0.497 e. The highest BCUT2D eigenvalue weighted by atomic mass is 32.2. The van der Waals surface area contributed by atoms with Crippen LogP contribution in [0.3, 0.4) is 0 Å². The first kappa shape index (κ1) is 23.2. The molecule has 0 bridgehead atoms. The number of carbonyl (C=O) groups excluding carboxylic acids is 1. The zero-order valence-electron chi connectivity index (χ0n) is 18.9. The van der Waals surface area contributed by atoms with E-state index < -0.39 is 0 Å². The number of nitrogen functional groups attached to an aromatic ring is 1. The van der Waals surface area contributed by atoms with Crippen LogP contribution in [-0.2, 0) is 11.2 Å². The zero-order valence-corrected chi connectivity index (χ0v) is 19.7. The second kappa shape index (κ2) is 10.8. The van der Waals surface area contributed by atoms with E-state index in [2.05, 4.69) is 27.6 Å². The van der Waals surface area contributed by atoms with Gasteiger partial charge in [-0.2, -0.15) is 0 Å². The van der Waals surface area contributed by atoms with Crippen LogP contribution in [0.4, 0.5) is 5.69 Å². The molecule has 3 N–H and O–H groups in total. The predicted molar refractivity (Wildman–Crippen MR) is 134 cm³/mol. The third-order valence-corrected chi connectivity index (χ3v) is 6.12. The molecule has 0 unspecified atom stereocenters. The molecule has 4 aromatic rings. The zero-order chi connectivity index (χ0) is 23.9. The number of carbonyl (C=O) groups is 1. The molecule has 0 fully saturated rings. The quantitative estimate of drug-likeness (QED) is 0.279. The van der Waals surface area contributed by atoms with Gasteiger partial charge in [0.15, 0.2) is 5.82 Å². The van der Waals surface area contributed by atoms with Crippen molar-refractivity contribution in [2.24, 2.45) is 0 Å². The van der Waals surface area contributed by atoms with E-state index >= 15 is 0 Å². The van der Waals surface area contributed by atoms with Crippen molar-refractivity contribution in [3.8, 4) is 22.9 Å². The van der Waals surface area contributed by atoms with Crippen LogP contribution < -0.4 is 20.6 Å². The van der Waals surface area contributed by atoms with Gasteiger partial charge in [-0.15, -0.1) is 10.2 Å². The molecular weight excluding hydrogens is 450 g/mol. The maximum atomic E-state index is 12.7. The number of hydrogen-bond acceptors (Lipinski definition) is 7. The smallest absolute Gasteiger partial charge is 0.234 e. The Hall–Kier alpha value is -3.98. The van der Waals surface area contributed by atoms with Crippen molar-refractivity contribution in [1.29, 1.82) is 0 Å². The SMILES string of the molecule is COc1ccc(-c2nnc(SCC(=O)Nc3ccccc3Cc3ccccc3)n2N)c(OC)c1. The molecule has 0 saturated heterocycles. The van der Waals surface area contributed by atoms with Crippen molar-refractivity contribution >= 4 is 23.4 Å². The second-order valence-electron chi connectivity index (χ2n) is 7.40. The number of thioether (sulfide) groups is 1. The van der Waals surface area contributed by atoms with Gasteiger partial charge in [0.2, 0.25) is 11.1 Å². The number of ether oxygens (including phenoxy) is 2. The fraction of sp³-hybridized carbons (Fsp3) is 0.160. The van der Waals surface area contributed by atoms with Gasteiger partial charge in [-0.1, -0.05) is 60.3 Å². The van der Waals surface area contributed by atoms with Gasteiger partial charge in [0.1, 0.15) is 11.5 Å². The minimum absolute atomic E-state index is 0.134. The molecule has 0 radical (unpaired) electrons. The number of rotatable bonds is 9. The molecule has 0 atom stereocenters. The number of nitrogens with zero attached hydrogens (tertiary/aromatic N) is 3. The summed E-state index contributed by atoms with van der Waals surface area (Å²) >= 11 is 1.21. The summed E-state index contributed by atoms with van der Waals surface area (Å²) in [5.74, 6) is 7.85. The lowest BCUT2D eigenvalue weighted by Crippen LogP contribution is -2.17. The van der Waals surface area contributed by atoms with Crippen molar-refractivity contribution < 1.29 is 14.3 Å². The topological polar surface area (TPSA) is 104 Å². The summed E-state index contributed by atoms with van der Waals surface area (Å²) in [5.41, 5.74) is 3.68. The number of hydrogen-bond donors (Lipinski definition) is 2. The number of nitrogens with two attached hydrogens (primary N) is 1. The van der Waals surface area contributed by atoms with E-state index in [1.807, 2.05) is 42.5 Å². The van der Waals surface area contributed by atoms with Crippen molar-refractivity contribution in [1.82, 2.24) is 14.9 Å². The highest BCUT2D eigenvalue weighted by molar-refractivity contribution is 7.99. The van der Waals surface area contributed by atoms with Crippen molar-refractivity contribution in [2.45, 2.75) is 11.6 Å². The van der Waals surface area contributed by atoms with Crippen LogP contribution in [0, 0.1) is 0 Å². The average Bonchev–Trinajstić information content (AvgIpc) is 3.24. The molecule has 9 heteroatoms. The highest BCUT2D eigenvalue weighted by Crippen LogP contribution is 2.33. The first-order chi connectivity index (χ1) is 16.6. The Bertz CT molecular complexity index is 1280. The van der Waals surface area contributed by atoms with E-state index in [-0.39, 0.29) is 11.7 Å². The lowest BCUT2D eigenvalue weighted by atomic mass is 10.0. The molecule has 0 aliphatic carbocycles. The Morgan fingerprint density at radius 3 is 2.53 bits per heavy atom. The fourth-order valence-electron chi connectivity index (χ4n) is 3.47. The Balaban J connectivity index is 1.43. The number of benzene rings is 3. The molecule has 0 spiro atoms. The molecule has 34 heavy (non-hydrogen) atoms. The third kappa shape index (κ3) is 5.32. The molecule has 3 aromatic carbocycles. The van der Waals surface area contributed by atoms with Crippen molar-refractivity contribution in [3.63, 3.8) is 0 Å². The molecule has 0 aliphatic heterocycles. The minimum Gasteiger partial charge on any atom is -0.497 e. The van der Waals surface area contributed by atoms with Crippen LogP contribution in [0.25, 0.3) is 11.4 Å². The van der Waals surface area contributed by atoms with Crippen molar-refractivity contribution in [3.05, 3.63) is 83.9 Å². The van der Waals surface area contributed by atoms with E-state index in [1.54, 1.807) is 32.4 Å².